The molecule has 0 saturated heterocycles. The quantitative estimate of drug-likeness (QED) is 0.173. The summed E-state index contributed by atoms with van der Waals surface area (Å²) in [5.74, 6) is -0.417. The second-order valence-corrected chi connectivity index (χ2v) is 8.45. The van der Waals surface area contributed by atoms with Crippen molar-refractivity contribution in [3.8, 4) is 0 Å². The molecule has 4 heteroatoms. The van der Waals surface area contributed by atoms with E-state index in [1.807, 2.05) is 13.8 Å². The van der Waals surface area contributed by atoms with Gasteiger partial charge >= 0.3 is 5.97 Å². The maximum atomic E-state index is 12.2. The molecule has 0 bridgehead atoms. The third-order valence-corrected chi connectivity index (χ3v) is 5.38. The molecule has 2 N–H and O–H groups in total. The summed E-state index contributed by atoms with van der Waals surface area (Å²) in [5.41, 5.74) is 0. The molecular weight excluding hydrogens is 340 g/mol. The van der Waals surface area contributed by atoms with Crippen molar-refractivity contribution in [2.45, 2.75) is 130 Å². The first kappa shape index (κ1) is 26.4. The summed E-state index contributed by atoms with van der Waals surface area (Å²) in [5, 5.41) is 18.8. The zero-order chi connectivity index (χ0) is 20.5. The zero-order valence-electron chi connectivity index (χ0n) is 18.4. The summed E-state index contributed by atoms with van der Waals surface area (Å²) in [6.45, 7) is 7.68. The Morgan fingerprint density at radius 1 is 0.741 bits per heavy atom. The molecule has 0 aliphatic heterocycles. The number of carbonyl (C=O) groups is 1. The van der Waals surface area contributed by atoms with Gasteiger partial charge in [-0.3, -0.25) is 4.79 Å². The van der Waals surface area contributed by atoms with Gasteiger partial charge in [-0.05, 0) is 19.3 Å². The third-order valence-electron chi connectivity index (χ3n) is 5.38. The van der Waals surface area contributed by atoms with E-state index in [0.717, 1.165) is 19.3 Å². The van der Waals surface area contributed by atoms with E-state index in [9.17, 15) is 15.0 Å². The number of unbranched alkanes of at least 4 members (excludes halogenated alkanes) is 12. The van der Waals surface area contributed by atoms with E-state index in [1.54, 1.807) is 0 Å². The van der Waals surface area contributed by atoms with Crippen LogP contribution in [-0.2, 0) is 9.53 Å². The number of carbonyl (C=O) groups excluding carboxylic acids is 1. The average Bonchev–Trinajstić information content (AvgIpc) is 2.61. The van der Waals surface area contributed by atoms with Gasteiger partial charge in [0.25, 0.3) is 0 Å². The van der Waals surface area contributed by atoms with Crippen LogP contribution in [-0.4, -0.2) is 28.6 Å². The fourth-order valence-corrected chi connectivity index (χ4v) is 3.41. The number of ether oxygens (including phenoxy) is 1. The molecule has 0 fully saturated rings. The van der Waals surface area contributed by atoms with Crippen LogP contribution in [0.4, 0.5) is 0 Å². The number of rotatable bonds is 18. The molecule has 0 spiro atoms. The molecule has 0 saturated carbocycles. The molecule has 0 aromatic carbocycles. The van der Waals surface area contributed by atoms with Crippen LogP contribution in [0.1, 0.15) is 118 Å². The standard InChI is InChI=1S/C23H46O4/c1-5-6-7-8-9-10-11-12-13-14-15-16-17-18-21(19(2)3)23(26)27-22(25)20(4)24/h19-22,24-25H,5-18H2,1-4H3. The van der Waals surface area contributed by atoms with E-state index in [0.29, 0.717) is 0 Å². The first-order chi connectivity index (χ1) is 12.9. The highest BCUT2D eigenvalue weighted by molar-refractivity contribution is 5.72. The number of hydrogen-bond acceptors (Lipinski definition) is 4. The molecule has 162 valence electrons. The van der Waals surface area contributed by atoms with Crippen LogP contribution in [0.5, 0.6) is 0 Å². The van der Waals surface area contributed by atoms with Crippen LogP contribution in [0.2, 0.25) is 0 Å². The lowest BCUT2D eigenvalue weighted by molar-refractivity contribution is -0.190. The molecule has 27 heavy (non-hydrogen) atoms. The lowest BCUT2D eigenvalue weighted by Crippen LogP contribution is -2.33. The first-order valence-electron chi connectivity index (χ1n) is 11.5. The molecule has 0 aliphatic rings. The van der Waals surface area contributed by atoms with Crippen molar-refractivity contribution >= 4 is 5.97 Å². The third kappa shape index (κ3) is 15.0. The molecule has 0 aromatic heterocycles. The van der Waals surface area contributed by atoms with Gasteiger partial charge < -0.3 is 14.9 Å². The summed E-state index contributed by atoms with van der Waals surface area (Å²) in [6.07, 6.45) is 15.3. The minimum absolute atomic E-state index is 0.177. The van der Waals surface area contributed by atoms with Crippen molar-refractivity contribution in [2.75, 3.05) is 0 Å². The Hall–Kier alpha value is -0.610. The Balaban J connectivity index is 3.66. The molecular formula is C23H46O4. The van der Waals surface area contributed by atoms with E-state index < -0.39 is 18.4 Å². The fourth-order valence-electron chi connectivity index (χ4n) is 3.41. The van der Waals surface area contributed by atoms with Gasteiger partial charge in [0.2, 0.25) is 6.29 Å². The van der Waals surface area contributed by atoms with Gasteiger partial charge in [0, 0.05) is 0 Å². The van der Waals surface area contributed by atoms with Crippen molar-refractivity contribution in [3.05, 3.63) is 0 Å². The van der Waals surface area contributed by atoms with Crippen LogP contribution in [0.15, 0.2) is 0 Å². The highest BCUT2D eigenvalue weighted by Crippen LogP contribution is 2.22. The number of esters is 1. The Labute approximate surface area is 168 Å². The minimum Gasteiger partial charge on any atom is -0.433 e. The van der Waals surface area contributed by atoms with Gasteiger partial charge in [-0.15, -0.1) is 0 Å². The van der Waals surface area contributed by atoms with Crippen molar-refractivity contribution in [2.24, 2.45) is 11.8 Å². The van der Waals surface area contributed by atoms with Crippen LogP contribution in [0.25, 0.3) is 0 Å². The van der Waals surface area contributed by atoms with Crippen molar-refractivity contribution in [1.82, 2.24) is 0 Å². The van der Waals surface area contributed by atoms with Gasteiger partial charge in [0.15, 0.2) is 0 Å². The summed E-state index contributed by atoms with van der Waals surface area (Å²) >= 11 is 0. The maximum absolute atomic E-state index is 12.2. The van der Waals surface area contributed by atoms with E-state index in [4.69, 9.17) is 4.74 Å². The molecule has 0 aliphatic carbocycles. The van der Waals surface area contributed by atoms with Crippen molar-refractivity contribution in [3.63, 3.8) is 0 Å². The maximum Gasteiger partial charge on any atom is 0.311 e. The van der Waals surface area contributed by atoms with Gasteiger partial charge in [0.05, 0.1) is 5.92 Å². The molecule has 3 atom stereocenters. The molecule has 0 aromatic rings. The van der Waals surface area contributed by atoms with Gasteiger partial charge in [-0.1, -0.05) is 104 Å². The summed E-state index contributed by atoms with van der Waals surface area (Å²) in [6, 6.07) is 0. The molecule has 0 rings (SSSR count). The van der Waals surface area contributed by atoms with E-state index in [2.05, 4.69) is 6.92 Å². The van der Waals surface area contributed by atoms with Crippen LogP contribution in [0, 0.1) is 11.8 Å². The molecule has 0 heterocycles. The fraction of sp³-hybridized carbons (Fsp3) is 0.957. The number of hydrogen-bond donors (Lipinski definition) is 2. The SMILES string of the molecule is CCCCCCCCCCCCCCCC(C(=O)OC(O)C(C)O)C(C)C. The predicted octanol–water partition coefficient (Wildman–Crippen LogP) is 5.98. The summed E-state index contributed by atoms with van der Waals surface area (Å²) < 4.78 is 4.97. The smallest absolute Gasteiger partial charge is 0.311 e. The van der Waals surface area contributed by atoms with E-state index >= 15 is 0 Å². The van der Waals surface area contributed by atoms with Gasteiger partial charge in [-0.2, -0.15) is 0 Å². The average molecular weight is 387 g/mol. The second kappa shape index (κ2) is 17.5. The second-order valence-electron chi connectivity index (χ2n) is 8.45. The van der Waals surface area contributed by atoms with Crippen LogP contribution >= 0.6 is 0 Å². The zero-order valence-corrected chi connectivity index (χ0v) is 18.4. The van der Waals surface area contributed by atoms with E-state index in [1.165, 1.54) is 77.6 Å². The molecule has 0 radical (unpaired) electrons. The van der Waals surface area contributed by atoms with E-state index in [-0.39, 0.29) is 11.8 Å². The molecule has 3 unspecified atom stereocenters. The monoisotopic (exact) mass is 386 g/mol. The number of aliphatic hydroxyl groups is 2. The van der Waals surface area contributed by atoms with Gasteiger partial charge in [0.1, 0.15) is 6.10 Å². The van der Waals surface area contributed by atoms with Crippen LogP contribution < -0.4 is 0 Å². The van der Waals surface area contributed by atoms with Gasteiger partial charge in [-0.25, -0.2) is 0 Å². The molecule has 0 amide bonds. The normalized spacial score (nSPS) is 14.9. The van der Waals surface area contributed by atoms with Crippen molar-refractivity contribution in [1.29, 1.82) is 0 Å². The summed E-state index contributed by atoms with van der Waals surface area (Å²) in [7, 11) is 0. The Bertz CT molecular complexity index is 341. The molecule has 4 nitrogen and oxygen atoms in total. The lowest BCUT2D eigenvalue weighted by atomic mass is 9.90. The minimum atomic E-state index is -1.43. The summed E-state index contributed by atoms with van der Waals surface area (Å²) in [4.78, 5) is 12.2. The van der Waals surface area contributed by atoms with Crippen molar-refractivity contribution < 1.29 is 19.7 Å². The lowest BCUT2D eigenvalue weighted by Gasteiger charge is -2.22. The predicted molar refractivity (Wildman–Crippen MR) is 112 cm³/mol. The Morgan fingerprint density at radius 3 is 1.52 bits per heavy atom. The van der Waals surface area contributed by atoms with Crippen LogP contribution in [0.3, 0.4) is 0 Å². The highest BCUT2D eigenvalue weighted by Gasteiger charge is 2.26. The Kier molecular flexibility index (Phi) is 17.1. The largest absolute Gasteiger partial charge is 0.433 e. The Morgan fingerprint density at radius 2 is 1.15 bits per heavy atom. The highest BCUT2D eigenvalue weighted by atomic mass is 16.6. The number of aliphatic hydroxyl groups excluding tert-OH is 2. The topological polar surface area (TPSA) is 66.8 Å². The first-order valence-corrected chi connectivity index (χ1v) is 11.5.